The third-order valence-electron chi connectivity index (χ3n) is 3.04. The lowest BCUT2D eigenvalue weighted by atomic mass is 10.2. The summed E-state index contributed by atoms with van der Waals surface area (Å²) in [6.07, 6.45) is 3.95. The fourth-order valence-corrected chi connectivity index (χ4v) is 2.28. The van der Waals surface area contributed by atoms with Crippen LogP contribution in [0.3, 0.4) is 0 Å². The minimum atomic E-state index is 0.529. The molecule has 0 aliphatic carbocycles. The van der Waals surface area contributed by atoms with Crippen molar-refractivity contribution in [3.8, 4) is 11.3 Å². The Morgan fingerprint density at radius 2 is 2.09 bits per heavy atom. The first-order chi connectivity index (χ1) is 10.8. The van der Waals surface area contributed by atoms with E-state index in [9.17, 15) is 0 Å². The molecule has 0 saturated heterocycles. The average molecular weight is 317 g/mol. The molecule has 2 rings (SSSR count). The molecule has 0 bridgehead atoms. The maximum Gasteiger partial charge on any atom is 0.191 e. The van der Waals surface area contributed by atoms with Crippen LogP contribution in [0.25, 0.3) is 11.3 Å². The Kier molecular flexibility index (Phi) is 6.83. The molecule has 2 aromatic rings. The number of aromatic amines is 1. The Balaban J connectivity index is 1.97. The second-order valence-electron chi connectivity index (χ2n) is 4.72. The van der Waals surface area contributed by atoms with Crippen molar-refractivity contribution in [3.05, 3.63) is 42.4 Å². The summed E-state index contributed by atoms with van der Waals surface area (Å²) in [4.78, 5) is 12.3. The van der Waals surface area contributed by atoms with E-state index in [4.69, 9.17) is 0 Å². The highest BCUT2D eigenvalue weighted by molar-refractivity contribution is 7.98. The Hall–Kier alpha value is -1.95. The average Bonchev–Trinajstić information content (AvgIpc) is 3.03. The van der Waals surface area contributed by atoms with Crippen molar-refractivity contribution in [2.45, 2.75) is 13.5 Å². The van der Waals surface area contributed by atoms with Gasteiger partial charge in [-0.15, -0.1) is 0 Å². The van der Waals surface area contributed by atoms with Crippen molar-refractivity contribution in [2.24, 2.45) is 4.99 Å². The summed E-state index contributed by atoms with van der Waals surface area (Å²) in [5, 5.41) is 6.54. The molecule has 5 nitrogen and oxygen atoms in total. The lowest BCUT2D eigenvalue weighted by Crippen LogP contribution is -2.38. The molecular weight excluding hydrogens is 294 g/mol. The molecule has 0 spiro atoms. The zero-order valence-electron chi connectivity index (χ0n) is 13.1. The molecule has 6 heteroatoms. The van der Waals surface area contributed by atoms with Gasteiger partial charge in [0.25, 0.3) is 0 Å². The van der Waals surface area contributed by atoms with Crippen LogP contribution in [0, 0.1) is 0 Å². The molecule has 1 aromatic heterocycles. The molecule has 0 unspecified atom stereocenters. The van der Waals surface area contributed by atoms with Crippen LogP contribution in [0.5, 0.6) is 0 Å². The predicted molar refractivity (Wildman–Crippen MR) is 95.2 cm³/mol. The third kappa shape index (κ3) is 5.11. The molecule has 0 saturated carbocycles. The van der Waals surface area contributed by atoms with E-state index in [0.717, 1.165) is 41.9 Å². The Morgan fingerprint density at radius 3 is 2.82 bits per heavy atom. The number of hydrogen-bond donors (Lipinski definition) is 3. The number of aliphatic imine (C=N–C) groups is 1. The van der Waals surface area contributed by atoms with Gasteiger partial charge in [-0.1, -0.05) is 30.3 Å². The second kappa shape index (κ2) is 9.15. The predicted octanol–water partition coefficient (Wildman–Crippen LogP) is 2.49. The number of benzene rings is 1. The van der Waals surface area contributed by atoms with Gasteiger partial charge < -0.3 is 15.6 Å². The van der Waals surface area contributed by atoms with E-state index in [0.29, 0.717) is 6.54 Å². The summed E-state index contributed by atoms with van der Waals surface area (Å²) in [5.74, 6) is 2.75. The van der Waals surface area contributed by atoms with Gasteiger partial charge in [0.15, 0.2) is 5.96 Å². The standard InChI is InChI=1S/C16H23N5S/c1-3-17-16(18-9-10-22-2)20-12-15-19-11-14(21-15)13-7-5-4-6-8-13/h4-8,11H,3,9-10,12H2,1-2H3,(H,19,21)(H2,17,18,20). The van der Waals surface area contributed by atoms with Crippen molar-refractivity contribution >= 4 is 17.7 Å². The molecule has 0 atom stereocenters. The van der Waals surface area contributed by atoms with Crippen LogP contribution < -0.4 is 10.6 Å². The van der Waals surface area contributed by atoms with E-state index in [2.05, 4.69) is 50.9 Å². The van der Waals surface area contributed by atoms with E-state index in [1.165, 1.54) is 0 Å². The van der Waals surface area contributed by atoms with Gasteiger partial charge in [0.2, 0.25) is 0 Å². The van der Waals surface area contributed by atoms with E-state index in [1.807, 2.05) is 36.2 Å². The Bertz CT molecular complexity index is 579. The van der Waals surface area contributed by atoms with E-state index >= 15 is 0 Å². The van der Waals surface area contributed by atoms with Gasteiger partial charge in [0.1, 0.15) is 12.4 Å². The van der Waals surface area contributed by atoms with Gasteiger partial charge in [-0.25, -0.2) is 9.98 Å². The number of rotatable bonds is 7. The Labute approximate surface area is 136 Å². The van der Waals surface area contributed by atoms with Crippen LogP contribution in [0.1, 0.15) is 12.7 Å². The second-order valence-corrected chi connectivity index (χ2v) is 5.71. The maximum atomic E-state index is 4.55. The quantitative estimate of drug-likeness (QED) is 0.417. The molecule has 1 aromatic carbocycles. The van der Waals surface area contributed by atoms with Gasteiger partial charge in [0.05, 0.1) is 11.9 Å². The molecule has 0 amide bonds. The van der Waals surface area contributed by atoms with Crippen LogP contribution >= 0.6 is 11.8 Å². The number of nitrogens with one attached hydrogen (secondary N) is 3. The number of H-pyrrole nitrogens is 1. The van der Waals surface area contributed by atoms with Crippen LogP contribution in [0.4, 0.5) is 0 Å². The Morgan fingerprint density at radius 1 is 1.27 bits per heavy atom. The molecule has 0 aliphatic rings. The molecular formula is C16H23N5S. The molecule has 22 heavy (non-hydrogen) atoms. The summed E-state index contributed by atoms with van der Waals surface area (Å²) in [5.41, 5.74) is 2.15. The zero-order chi connectivity index (χ0) is 15.6. The van der Waals surface area contributed by atoms with Gasteiger partial charge in [0, 0.05) is 18.8 Å². The molecule has 3 N–H and O–H groups in total. The van der Waals surface area contributed by atoms with Crippen molar-refractivity contribution < 1.29 is 0 Å². The van der Waals surface area contributed by atoms with E-state index < -0.39 is 0 Å². The first-order valence-corrected chi connectivity index (χ1v) is 8.83. The van der Waals surface area contributed by atoms with Crippen molar-refractivity contribution in [3.63, 3.8) is 0 Å². The summed E-state index contributed by atoms with van der Waals surface area (Å²) in [7, 11) is 0. The fourth-order valence-electron chi connectivity index (χ4n) is 1.97. The number of nitrogens with zero attached hydrogens (tertiary/aromatic N) is 2. The summed E-state index contributed by atoms with van der Waals surface area (Å²) < 4.78 is 0. The molecule has 0 fully saturated rings. The van der Waals surface area contributed by atoms with Crippen LogP contribution in [-0.2, 0) is 6.54 Å². The SMILES string of the molecule is CCNC(=NCc1ncc(-c2ccccc2)[nH]1)NCCSC. The highest BCUT2D eigenvalue weighted by Gasteiger charge is 2.03. The smallest absolute Gasteiger partial charge is 0.191 e. The summed E-state index contributed by atoms with van der Waals surface area (Å²) in [6, 6.07) is 10.2. The van der Waals surface area contributed by atoms with E-state index in [-0.39, 0.29) is 0 Å². The van der Waals surface area contributed by atoms with Gasteiger partial charge in [-0.2, -0.15) is 11.8 Å². The van der Waals surface area contributed by atoms with Crippen LogP contribution in [0.2, 0.25) is 0 Å². The third-order valence-corrected chi connectivity index (χ3v) is 3.66. The van der Waals surface area contributed by atoms with Crippen LogP contribution in [0.15, 0.2) is 41.5 Å². The number of aromatic nitrogens is 2. The normalized spacial score (nSPS) is 11.5. The van der Waals surface area contributed by atoms with Crippen molar-refractivity contribution in [1.29, 1.82) is 0 Å². The highest BCUT2D eigenvalue weighted by Crippen LogP contribution is 2.16. The molecule has 118 valence electrons. The largest absolute Gasteiger partial charge is 0.357 e. The topological polar surface area (TPSA) is 65.1 Å². The lowest BCUT2D eigenvalue weighted by molar-refractivity contribution is 0.831. The van der Waals surface area contributed by atoms with E-state index in [1.54, 1.807) is 0 Å². The van der Waals surface area contributed by atoms with Gasteiger partial charge >= 0.3 is 0 Å². The van der Waals surface area contributed by atoms with Gasteiger partial charge in [-0.3, -0.25) is 0 Å². The fraction of sp³-hybridized carbons (Fsp3) is 0.375. The number of hydrogen-bond acceptors (Lipinski definition) is 3. The van der Waals surface area contributed by atoms with Crippen molar-refractivity contribution in [2.75, 3.05) is 25.1 Å². The highest BCUT2D eigenvalue weighted by atomic mass is 32.2. The number of imidazole rings is 1. The number of guanidine groups is 1. The molecule has 0 aliphatic heterocycles. The lowest BCUT2D eigenvalue weighted by Gasteiger charge is -2.10. The first kappa shape index (κ1) is 16.4. The minimum Gasteiger partial charge on any atom is -0.357 e. The molecule has 1 heterocycles. The summed E-state index contributed by atoms with van der Waals surface area (Å²) in [6.45, 7) is 4.34. The first-order valence-electron chi connectivity index (χ1n) is 7.44. The zero-order valence-corrected chi connectivity index (χ0v) is 13.9. The van der Waals surface area contributed by atoms with Crippen LogP contribution in [-0.4, -0.2) is 41.0 Å². The maximum absolute atomic E-state index is 4.55. The number of thioether (sulfide) groups is 1. The van der Waals surface area contributed by atoms with Crippen molar-refractivity contribution in [1.82, 2.24) is 20.6 Å². The summed E-state index contributed by atoms with van der Waals surface area (Å²) >= 11 is 1.81. The minimum absolute atomic E-state index is 0.529. The monoisotopic (exact) mass is 317 g/mol. The van der Waals surface area contributed by atoms with Gasteiger partial charge in [-0.05, 0) is 18.7 Å². The molecule has 0 radical (unpaired) electrons.